The van der Waals surface area contributed by atoms with Gasteiger partial charge in [0.1, 0.15) is 5.82 Å². The lowest BCUT2D eigenvalue weighted by atomic mass is 10.1. The molecule has 0 amide bonds. The molecule has 2 N–H and O–H groups in total. The molecule has 8 heteroatoms. The van der Waals surface area contributed by atoms with Crippen molar-refractivity contribution in [3.05, 3.63) is 59.3 Å². The molecule has 116 valence electrons. The van der Waals surface area contributed by atoms with Crippen molar-refractivity contribution in [1.82, 2.24) is 10.3 Å². The molecule has 2 aromatic rings. The molecule has 0 saturated heterocycles. The van der Waals surface area contributed by atoms with Crippen molar-refractivity contribution in [2.24, 2.45) is 0 Å². The maximum absolute atomic E-state index is 13.4. The van der Waals surface area contributed by atoms with Gasteiger partial charge in [0.2, 0.25) is 0 Å². The second kappa shape index (κ2) is 7.17. The van der Waals surface area contributed by atoms with Crippen molar-refractivity contribution in [2.75, 3.05) is 11.9 Å². The summed E-state index contributed by atoms with van der Waals surface area (Å²) in [6.45, 7) is -0.00456. The minimum absolute atomic E-state index is 0.00456. The Labute approximate surface area is 129 Å². The minimum Gasteiger partial charge on any atom is -0.362 e. The van der Waals surface area contributed by atoms with E-state index in [1.807, 2.05) is 0 Å². The van der Waals surface area contributed by atoms with Crippen LogP contribution in [0, 0.1) is 23.3 Å². The van der Waals surface area contributed by atoms with Gasteiger partial charge >= 0.3 is 0 Å². The van der Waals surface area contributed by atoms with E-state index in [0.29, 0.717) is 5.82 Å². The monoisotopic (exact) mass is 329 g/mol. The van der Waals surface area contributed by atoms with Crippen molar-refractivity contribution in [3.8, 4) is 0 Å². The van der Waals surface area contributed by atoms with Gasteiger partial charge in [-0.05, 0) is 30.8 Å². The standard InChI is InChI=1S/C14H11F4N3S/c15-9-7-10(16)13(18)8(12(9)17)4-6-20-14(22)21-11-3-1-2-5-19-11/h1-3,5,7H,4,6H2,(H2,19,20,21,22). The van der Waals surface area contributed by atoms with Crippen molar-refractivity contribution in [3.63, 3.8) is 0 Å². The largest absolute Gasteiger partial charge is 0.362 e. The number of pyridine rings is 1. The minimum atomic E-state index is -1.43. The fourth-order valence-corrected chi connectivity index (χ4v) is 1.95. The lowest BCUT2D eigenvalue weighted by Gasteiger charge is -2.11. The summed E-state index contributed by atoms with van der Waals surface area (Å²) in [4.78, 5) is 3.98. The van der Waals surface area contributed by atoms with Crippen LogP contribution < -0.4 is 10.6 Å². The van der Waals surface area contributed by atoms with Gasteiger partial charge in [-0.3, -0.25) is 0 Å². The number of nitrogens with one attached hydrogen (secondary N) is 2. The Bertz CT molecular complexity index is 653. The van der Waals surface area contributed by atoms with Crippen molar-refractivity contribution in [1.29, 1.82) is 0 Å². The predicted octanol–water partition coefficient (Wildman–Crippen LogP) is 3.17. The number of thiocarbonyl (C=S) groups is 1. The molecule has 0 atom stereocenters. The number of anilines is 1. The third-order valence-electron chi connectivity index (χ3n) is 2.77. The number of aromatic nitrogens is 1. The molecular formula is C14H11F4N3S. The quantitative estimate of drug-likeness (QED) is 0.513. The Balaban J connectivity index is 1.93. The molecule has 2 rings (SSSR count). The Hall–Kier alpha value is -2.22. The van der Waals surface area contributed by atoms with Gasteiger partial charge in [-0.1, -0.05) is 6.07 Å². The summed E-state index contributed by atoms with van der Waals surface area (Å²) < 4.78 is 53.0. The van der Waals surface area contributed by atoms with Crippen LogP contribution in [0.5, 0.6) is 0 Å². The van der Waals surface area contributed by atoms with E-state index in [1.165, 1.54) is 0 Å². The van der Waals surface area contributed by atoms with Crippen LogP contribution in [0.25, 0.3) is 0 Å². The molecule has 0 aliphatic rings. The highest BCUT2D eigenvalue weighted by atomic mass is 32.1. The van der Waals surface area contributed by atoms with Crippen LogP contribution in [-0.4, -0.2) is 16.6 Å². The molecule has 0 fully saturated rings. The van der Waals surface area contributed by atoms with Crippen LogP contribution in [0.2, 0.25) is 0 Å². The molecule has 22 heavy (non-hydrogen) atoms. The lowest BCUT2D eigenvalue weighted by Crippen LogP contribution is -2.30. The molecule has 0 bridgehead atoms. The maximum Gasteiger partial charge on any atom is 0.171 e. The first kappa shape index (κ1) is 16.2. The van der Waals surface area contributed by atoms with E-state index < -0.39 is 28.8 Å². The van der Waals surface area contributed by atoms with Crippen LogP contribution in [0.3, 0.4) is 0 Å². The zero-order valence-electron chi connectivity index (χ0n) is 11.2. The number of rotatable bonds is 4. The Morgan fingerprint density at radius 1 is 1.09 bits per heavy atom. The molecule has 0 aliphatic carbocycles. The molecule has 0 aliphatic heterocycles. The van der Waals surface area contributed by atoms with Gasteiger partial charge in [0.25, 0.3) is 0 Å². The van der Waals surface area contributed by atoms with Crippen LogP contribution in [-0.2, 0) is 6.42 Å². The Kier molecular flexibility index (Phi) is 5.26. The van der Waals surface area contributed by atoms with Gasteiger partial charge in [-0.15, -0.1) is 0 Å². The van der Waals surface area contributed by atoms with Gasteiger partial charge in [-0.25, -0.2) is 22.5 Å². The van der Waals surface area contributed by atoms with Crippen molar-refractivity contribution < 1.29 is 17.6 Å². The number of halogens is 4. The molecule has 0 radical (unpaired) electrons. The summed E-state index contributed by atoms with van der Waals surface area (Å²) in [5, 5.41) is 5.61. The smallest absolute Gasteiger partial charge is 0.171 e. The first-order chi connectivity index (χ1) is 10.5. The Morgan fingerprint density at radius 3 is 2.36 bits per heavy atom. The lowest BCUT2D eigenvalue weighted by molar-refractivity contribution is 0.438. The zero-order valence-corrected chi connectivity index (χ0v) is 12.0. The summed E-state index contributed by atoms with van der Waals surface area (Å²) in [6, 6.07) is 5.33. The number of nitrogens with zero attached hydrogens (tertiary/aromatic N) is 1. The van der Waals surface area contributed by atoms with E-state index in [4.69, 9.17) is 12.2 Å². The first-order valence-corrected chi connectivity index (χ1v) is 6.67. The highest BCUT2D eigenvalue weighted by Gasteiger charge is 2.18. The van der Waals surface area contributed by atoms with E-state index in [-0.39, 0.29) is 24.1 Å². The number of hydrogen-bond donors (Lipinski definition) is 2. The van der Waals surface area contributed by atoms with E-state index in [0.717, 1.165) is 0 Å². The third-order valence-corrected chi connectivity index (χ3v) is 3.02. The van der Waals surface area contributed by atoms with Crippen LogP contribution in [0.4, 0.5) is 23.4 Å². The highest BCUT2D eigenvalue weighted by molar-refractivity contribution is 7.80. The highest BCUT2D eigenvalue weighted by Crippen LogP contribution is 2.19. The average molecular weight is 329 g/mol. The average Bonchev–Trinajstić information content (AvgIpc) is 2.50. The SMILES string of the molecule is Fc1cc(F)c(F)c(CCNC(=S)Nc2ccccn2)c1F. The summed E-state index contributed by atoms with van der Waals surface area (Å²) in [5.74, 6) is -5.16. The Morgan fingerprint density at radius 2 is 1.77 bits per heavy atom. The van der Waals surface area contributed by atoms with Crippen LogP contribution in [0.1, 0.15) is 5.56 Å². The van der Waals surface area contributed by atoms with Crippen molar-refractivity contribution >= 4 is 23.1 Å². The molecule has 3 nitrogen and oxygen atoms in total. The normalized spacial score (nSPS) is 10.4. The molecule has 1 heterocycles. The predicted molar refractivity (Wildman–Crippen MR) is 78.4 cm³/mol. The molecule has 1 aromatic heterocycles. The van der Waals surface area contributed by atoms with E-state index in [9.17, 15) is 17.6 Å². The topological polar surface area (TPSA) is 37.0 Å². The number of hydrogen-bond acceptors (Lipinski definition) is 2. The second-order valence-corrected chi connectivity index (χ2v) is 4.70. The molecule has 0 unspecified atom stereocenters. The first-order valence-electron chi connectivity index (χ1n) is 6.26. The number of benzene rings is 1. The van der Waals surface area contributed by atoms with Crippen molar-refractivity contribution in [2.45, 2.75) is 6.42 Å². The van der Waals surface area contributed by atoms with Gasteiger partial charge in [0, 0.05) is 24.4 Å². The summed E-state index contributed by atoms with van der Waals surface area (Å²) in [7, 11) is 0. The van der Waals surface area contributed by atoms with Gasteiger partial charge in [0.05, 0.1) is 0 Å². The van der Waals surface area contributed by atoms with E-state index >= 15 is 0 Å². The third kappa shape index (κ3) is 3.91. The molecule has 0 spiro atoms. The summed E-state index contributed by atoms with van der Waals surface area (Å²) in [5.41, 5.74) is -0.661. The second-order valence-electron chi connectivity index (χ2n) is 4.29. The summed E-state index contributed by atoms with van der Waals surface area (Å²) in [6.07, 6.45) is 1.29. The fraction of sp³-hybridized carbons (Fsp3) is 0.143. The molecule has 1 aromatic carbocycles. The zero-order chi connectivity index (χ0) is 16.1. The van der Waals surface area contributed by atoms with Gasteiger partial charge < -0.3 is 10.6 Å². The van der Waals surface area contributed by atoms with E-state index in [1.54, 1.807) is 24.4 Å². The summed E-state index contributed by atoms with van der Waals surface area (Å²) >= 11 is 4.97. The molecular weight excluding hydrogens is 318 g/mol. The van der Waals surface area contributed by atoms with Gasteiger partial charge in [-0.2, -0.15) is 0 Å². The van der Waals surface area contributed by atoms with Gasteiger partial charge in [0.15, 0.2) is 28.4 Å². The van der Waals surface area contributed by atoms with Crippen LogP contribution >= 0.6 is 12.2 Å². The van der Waals surface area contributed by atoms with E-state index in [2.05, 4.69) is 15.6 Å². The maximum atomic E-state index is 13.4. The van der Waals surface area contributed by atoms with Crippen LogP contribution in [0.15, 0.2) is 30.5 Å². The molecule has 0 saturated carbocycles. The fourth-order valence-electron chi connectivity index (χ4n) is 1.74.